The first kappa shape index (κ1) is 70.0. The summed E-state index contributed by atoms with van der Waals surface area (Å²) in [5, 5.41) is 23.8. The molecule has 3 heterocycles. The molecule has 2 aliphatic heterocycles. The van der Waals surface area contributed by atoms with E-state index >= 15 is 0 Å². The van der Waals surface area contributed by atoms with E-state index in [4.69, 9.17) is 28.7 Å². The van der Waals surface area contributed by atoms with Crippen LogP contribution in [0, 0.1) is 39.2 Å². The Morgan fingerprint density at radius 1 is 0.935 bits per heavy atom. The van der Waals surface area contributed by atoms with E-state index < -0.39 is 142 Å². The molecule has 4 aromatic carbocycles. The van der Waals surface area contributed by atoms with Crippen LogP contribution >= 0.6 is 23.5 Å². The number of benzene rings is 4. The summed E-state index contributed by atoms with van der Waals surface area (Å²) in [5.41, 5.74) is -2.38. The maximum atomic E-state index is 13.9. The van der Waals surface area contributed by atoms with Crippen molar-refractivity contribution in [1.29, 1.82) is 0 Å². The van der Waals surface area contributed by atoms with Crippen LogP contribution in [0.4, 0.5) is 5.69 Å². The lowest BCUT2D eigenvalue weighted by Crippen LogP contribution is -2.35. The molecule has 9 rings (SSSR count). The molecule has 0 spiro atoms. The molecule has 92 heavy (non-hydrogen) atoms. The number of aromatic nitrogens is 2. The summed E-state index contributed by atoms with van der Waals surface area (Å²) in [5.74, 6) is 4.28. The van der Waals surface area contributed by atoms with Crippen LogP contribution in [0.25, 0.3) is 11.6 Å². The van der Waals surface area contributed by atoms with E-state index in [0.717, 1.165) is 16.8 Å². The lowest BCUT2D eigenvalue weighted by atomic mass is 9.77. The Bertz CT molecular complexity index is 4640. The third kappa shape index (κ3) is 14.0. The van der Waals surface area contributed by atoms with E-state index in [1.54, 1.807) is 51.1 Å². The zero-order valence-corrected chi connectivity index (χ0v) is 55.2. The number of aromatic amines is 1. The molecule has 7 N–H and O–H groups in total. The van der Waals surface area contributed by atoms with Crippen molar-refractivity contribution < 1.29 is 106 Å². The fourth-order valence-corrected chi connectivity index (χ4v) is 16.6. The smallest absolute Gasteiger partial charge is 0.490 e. The number of carbonyl (C=O) groups is 1. The van der Waals surface area contributed by atoms with Crippen LogP contribution in [0.15, 0.2) is 74.1 Å². The van der Waals surface area contributed by atoms with Gasteiger partial charge in [0.25, 0.3) is 21.4 Å². The maximum Gasteiger partial charge on any atom is 0.490 e. The molecular formula is C58H65N3O26P3S2-. The average Bonchev–Trinajstić information content (AvgIpc) is 1.13. The van der Waals surface area contributed by atoms with E-state index in [2.05, 4.69) is 30.0 Å². The Morgan fingerprint density at radius 3 is 2.20 bits per heavy atom. The summed E-state index contributed by atoms with van der Waals surface area (Å²) in [4.78, 5) is 90.0. The molecule has 2 aliphatic carbocycles. The van der Waals surface area contributed by atoms with Gasteiger partial charge in [-0.15, -0.1) is 0 Å². The number of nitrogens with zero attached hydrogens (tertiary/aromatic N) is 2. The van der Waals surface area contributed by atoms with Crippen LogP contribution in [0.2, 0.25) is 0 Å². The number of H-pyrrole nitrogens is 1. The number of aliphatic hydroxyl groups is 1. The van der Waals surface area contributed by atoms with Crippen molar-refractivity contribution >= 4 is 66.8 Å². The zero-order chi connectivity index (χ0) is 68.1. The van der Waals surface area contributed by atoms with Gasteiger partial charge in [0.2, 0.25) is 0 Å². The molecule has 0 radical (unpaired) electrons. The number of ether oxygens (including phenoxy) is 4. The molecule has 0 bridgehead atoms. The van der Waals surface area contributed by atoms with E-state index in [1.807, 2.05) is 41.5 Å². The highest BCUT2D eigenvalue weighted by Gasteiger charge is 2.47. The topological polar surface area (TPSA) is 444 Å². The first-order valence-electron chi connectivity index (χ1n) is 28.2. The van der Waals surface area contributed by atoms with Crippen molar-refractivity contribution in [2.75, 3.05) is 13.7 Å². The van der Waals surface area contributed by atoms with Gasteiger partial charge < -0.3 is 48.2 Å². The largest absolute Gasteiger partial charge is 0.744 e. The van der Waals surface area contributed by atoms with E-state index in [0.29, 0.717) is 22.3 Å². The minimum atomic E-state index is -5.87. The molecular weight excluding hydrogens is 1310 g/mol. The lowest BCUT2D eigenvalue weighted by Gasteiger charge is -2.31. The number of aliphatic hydroxyl groups excluding tert-OH is 1. The monoisotopic (exact) mass is 1380 g/mol. The zero-order valence-electron chi connectivity index (χ0n) is 50.9. The number of methoxy groups -OCH3 is 1. The standard InChI is InChI=1S/C58H66N3O26P3S2/c1-29-19-35-40(57(29,6)7)22-38-48(39-23-41-36(20-30(2)58(41,8)9)52(92(78,79)80)50(39)85-49(38)51(35)91(75,76)77)32-17-15-31(16-18-32)43(62)14-12-11-13-33-21-42(61(66)67)37(24-45(33)81-10)53(56(3,4)5)82-27-34-26-60(55(65)59-54(34)64)47-25-44(63)46(84-47)28-83-89(71,72)87-90(73,74)86-88(68,69)70/h15-19,21-24,26,29-30,44,46-47,53,63H,12,14,20,25,27-28H2,1-10H3,(H,71,72)(H,73,74)(H,59,64,65)(H2,68,69,70)(H,75,76,77)(H,78,79,80)/p-1/t29?,30?,44?,46-,47-,53-/m1/s1. The summed E-state index contributed by atoms with van der Waals surface area (Å²) < 4.78 is 150. The van der Waals surface area contributed by atoms with E-state index in [9.17, 15) is 79.0 Å². The summed E-state index contributed by atoms with van der Waals surface area (Å²) in [7, 11) is -26.3. The van der Waals surface area contributed by atoms with Gasteiger partial charge in [-0.1, -0.05) is 104 Å². The SMILES string of the molecule is COc1cc([C@@H](OCc2cn([C@H]3CC(O)[C@@H](COP(=O)(O)OP(=O)(O)OP(=O)(O)O)O3)c(=O)[nH]c2=O)C(C)(C)C)c([N+](=O)[O-])cc1C#CCCC(=O)c1ccc(C2=c3cc4c(c(S(=O)(=O)[O-])c3Oc3c2cc2c(c3S(=O)(=O)O)CC(C)C2(C)C)=CC(C)C4(C)C)cc1. The van der Waals surface area contributed by atoms with Crippen LogP contribution < -0.4 is 31.2 Å². The number of fused-ring (bicyclic) bond motifs is 4. The number of Topliss-reactive ketones (excluding diaryl/α,β-unsaturated/α-hetero) is 1. The summed E-state index contributed by atoms with van der Waals surface area (Å²) in [6, 6.07) is 12.2. The Hall–Kier alpha value is -6.36. The van der Waals surface area contributed by atoms with Gasteiger partial charge >= 0.3 is 29.2 Å². The average molecular weight is 1380 g/mol. The van der Waals surface area contributed by atoms with Crippen molar-refractivity contribution in [1.82, 2.24) is 9.55 Å². The number of rotatable bonds is 20. The molecule has 4 aliphatic rings. The molecule has 8 atom stereocenters. The fraction of sp³-hybridized carbons (Fsp3) is 0.431. The highest BCUT2D eigenvalue weighted by Crippen LogP contribution is 2.66. The number of nitro groups is 1. The Balaban J connectivity index is 0.959. The van der Waals surface area contributed by atoms with Crippen LogP contribution in [0.5, 0.6) is 17.2 Å². The van der Waals surface area contributed by atoms with Gasteiger partial charge in [-0.3, -0.25) is 38.3 Å². The van der Waals surface area contributed by atoms with Crippen LogP contribution in [-0.4, -0.2) is 96.8 Å². The molecule has 496 valence electrons. The van der Waals surface area contributed by atoms with Gasteiger partial charge in [-0.2, -0.15) is 17.0 Å². The molecule has 29 nitrogen and oxygen atoms in total. The molecule has 1 fully saturated rings. The second-order valence-electron chi connectivity index (χ2n) is 24.9. The number of hydrogen-bond acceptors (Lipinski definition) is 21. The van der Waals surface area contributed by atoms with Crippen molar-refractivity contribution in [3.8, 4) is 29.1 Å². The highest BCUT2D eigenvalue weighted by molar-refractivity contribution is 7.86. The van der Waals surface area contributed by atoms with Gasteiger partial charge in [-0.25, -0.2) is 26.9 Å². The molecule has 5 unspecified atom stereocenters. The minimum Gasteiger partial charge on any atom is -0.744 e. The predicted molar refractivity (Wildman–Crippen MR) is 323 cm³/mol. The number of phosphoric acid groups is 3. The molecule has 5 aromatic rings. The van der Waals surface area contributed by atoms with Gasteiger partial charge in [-0.05, 0) is 80.2 Å². The molecule has 1 aromatic heterocycles. The van der Waals surface area contributed by atoms with Gasteiger partial charge in [0.1, 0.15) is 38.0 Å². The van der Waals surface area contributed by atoms with Crippen LogP contribution in [-0.2, 0) is 80.4 Å². The van der Waals surface area contributed by atoms with Gasteiger partial charge in [0.05, 0.1) is 54.1 Å². The number of nitro benzene ring substituents is 1. The Labute approximate surface area is 526 Å². The van der Waals surface area contributed by atoms with Crippen LogP contribution in [0.3, 0.4) is 0 Å². The van der Waals surface area contributed by atoms with Crippen LogP contribution in [0.1, 0.15) is 149 Å². The number of carbonyl (C=O) groups excluding carboxylic acids is 1. The fourth-order valence-electron chi connectivity index (χ4n) is 11.8. The number of nitrogens with one attached hydrogen (secondary N) is 1. The molecule has 0 amide bonds. The van der Waals surface area contributed by atoms with Crippen molar-refractivity contribution in [2.24, 2.45) is 17.3 Å². The normalized spacial score (nSPS) is 21.4. The summed E-state index contributed by atoms with van der Waals surface area (Å²) in [6.07, 6.45) is -3.39. The third-order valence-electron chi connectivity index (χ3n) is 17.1. The summed E-state index contributed by atoms with van der Waals surface area (Å²) >= 11 is 0. The maximum absolute atomic E-state index is 13.9. The quantitative estimate of drug-likeness (QED) is 0.0108. The van der Waals surface area contributed by atoms with Gasteiger partial charge in [0, 0.05) is 53.4 Å². The van der Waals surface area contributed by atoms with Crippen molar-refractivity contribution in [3.63, 3.8) is 0 Å². The first-order valence-corrected chi connectivity index (χ1v) is 35.5. The Kier molecular flexibility index (Phi) is 18.8. The summed E-state index contributed by atoms with van der Waals surface area (Å²) in [6.45, 7) is 14.9. The van der Waals surface area contributed by atoms with Crippen molar-refractivity contribution in [2.45, 2.75) is 140 Å². The highest BCUT2D eigenvalue weighted by atomic mass is 32.2. The minimum absolute atomic E-state index is 0.0156. The molecule has 0 saturated carbocycles. The second kappa shape index (κ2) is 24.8. The third-order valence-corrected chi connectivity index (χ3v) is 22.8. The number of phosphoric ester groups is 1. The first-order chi connectivity index (χ1) is 42.3. The predicted octanol–water partition coefficient (Wildman–Crippen LogP) is 6.45. The number of ketones is 1. The second-order valence-corrected chi connectivity index (χ2v) is 32.0. The lowest BCUT2D eigenvalue weighted by molar-refractivity contribution is -0.386. The van der Waals surface area contributed by atoms with Gasteiger partial charge in [0.15, 0.2) is 17.3 Å². The van der Waals surface area contributed by atoms with E-state index in [1.165, 1.54) is 25.3 Å². The van der Waals surface area contributed by atoms with E-state index in [-0.39, 0.29) is 92.2 Å². The Morgan fingerprint density at radius 2 is 1.60 bits per heavy atom. The molecule has 34 heteroatoms. The van der Waals surface area contributed by atoms with Crippen molar-refractivity contribution in [3.05, 3.63) is 146 Å². The molecule has 1 saturated heterocycles. The number of hydrogen-bond donors (Lipinski definition) is 7.